The molecule has 3 aromatic rings. The fourth-order valence-corrected chi connectivity index (χ4v) is 3.20. The van der Waals surface area contributed by atoms with Crippen molar-refractivity contribution in [2.75, 3.05) is 12.4 Å². The minimum Gasteiger partial charge on any atom is -0.495 e. The molecule has 0 fully saturated rings. The Morgan fingerprint density at radius 2 is 2.17 bits per heavy atom. The van der Waals surface area contributed by atoms with Crippen molar-refractivity contribution in [2.45, 2.75) is 17.3 Å². The topological polar surface area (TPSA) is 68.5 Å². The summed E-state index contributed by atoms with van der Waals surface area (Å²) in [6.45, 7) is 1.81. The summed E-state index contributed by atoms with van der Waals surface area (Å²) in [4.78, 5) is 12.4. The largest absolute Gasteiger partial charge is 0.495 e. The molecule has 3 rings (SSSR count). The zero-order valence-electron chi connectivity index (χ0n) is 13.1. The molecule has 0 aliphatic rings. The molecule has 0 bridgehead atoms. The van der Waals surface area contributed by atoms with Gasteiger partial charge >= 0.3 is 0 Å². The van der Waals surface area contributed by atoms with Gasteiger partial charge in [-0.15, -0.1) is 10.2 Å². The number of rotatable bonds is 5. The molecule has 2 aromatic heterocycles. The molecule has 1 N–H and O–H groups in total. The number of carbonyl (C=O) groups excluding carboxylic acids is 1. The van der Waals surface area contributed by atoms with E-state index in [1.165, 1.54) is 11.8 Å². The van der Waals surface area contributed by atoms with Crippen molar-refractivity contribution >= 4 is 40.6 Å². The number of pyridine rings is 1. The number of nitrogens with zero attached hydrogens (tertiary/aromatic N) is 3. The molecule has 1 aromatic carbocycles. The van der Waals surface area contributed by atoms with Gasteiger partial charge in [-0.3, -0.25) is 9.20 Å². The zero-order valence-corrected chi connectivity index (χ0v) is 14.6. The number of carbonyl (C=O) groups is 1. The van der Waals surface area contributed by atoms with Crippen LogP contribution >= 0.6 is 23.4 Å². The summed E-state index contributed by atoms with van der Waals surface area (Å²) in [6.07, 6.45) is 1.87. The van der Waals surface area contributed by atoms with Gasteiger partial charge in [0.2, 0.25) is 5.91 Å². The number of thioether (sulfide) groups is 1. The van der Waals surface area contributed by atoms with E-state index in [9.17, 15) is 4.79 Å². The second-order valence-corrected chi connectivity index (χ2v) is 6.73. The lowest BCUT2D eigenvalue weighted by Crippen LogP contribution is -2.22. The molecule has 0 aliphatic carbocycles. The van der Waals surface area contributed by atoms with Gasteiger partial charge in [-0.05, 0) is 37.3 Å². The molecule has 0 saturated carbocycles. The number of benzene rings is 1. The molecule has 8 heteroatoms. The molecule has 1 amide bonds. The van der Waals surface area contributed by atoms with Gasteiger partial charge in [0, 0.05) is 11.9 Å². The Morgan fingerprint density at radius 3 is 2.92 bits per heavy atom. The zero-order chi connectivity index (χ0) is 17.1. The number of nitrogens with one attached hydrogen (secondary N) is 1. The summed E-state index contributed by atoms with van der Waals surface area (Å²) in [7, 11) is 1.54. The first-order valence-electron chi connectivity index (χ1n) is 7.19. The third-order valence-corrected chi connectivity index (χ3v) is 4.71. The normalized spacial score (nSPS) is 12.1. The Balaban J connectivity index is 1.69. The lowest BCUT2D eigenvalue weighted by atomic mass is 10.3. The van der Waals surface area contributed by atoms with Crippen molar-refractivity contribution in [3.05, 3.63) is 47.6 Å². The number of hydrogen-bond acceptors (Lipinski definition) is 5. The lowest BCUT2D eigenvalue weighted by Gasteiger charge is -2.12. The first-order valence-corrected chi connectivity index (χ1v) is 8.45. The summed E-state index contributed by atoms with van der Waals surface area (Å²) >= 11 is 7.41. The van der Waals surface area contributed by atoms with Crippen molar-refractivity contribution in [1.82, 2.24) is 14.6 Å². The van der Waals surface area contributed by atoms with E-state index < -0.39 is 0 Å². The summed E-state index contributed by atoms with van der Waals surface area (Å²) in [5.74, 6) is 0.418. The van der Waals surface area contributed by atoms with Gasteiger partial charge in [0.15, 0.2) is 10.8 Å². The standard InChI is InChI=1S/C16H15ClN4O2S/c1-10(24-16-20-19-14-5-3-4-8-21(14)16)15(22)18-11-6-7-13(23-2)12(17)9-11/h3-10H,1-2H3,(H,18,22)/t10-/m0/s1. The summed E-state index contributed by atoms with van der Waals surface area (Å²) in [5, 5.41) is 11.8. The van der Waals surface area contributed by atoms with Crippen molar-refractivity contribution in [2.24, 2.45) is 0 Å². The SMILES string of the molecule is COc1ccc(NC(=O)[C@H](C)Sc2nnc3ccccn23)cc1Cl. The third-order valence-electron chi connectivity index (χ3n) is 3.35. The maximum Gasteiger partial charge on any atom is 0.237 e. The number of halogens is 1. The van der Waals surface area contributed by atoms with Gasteiger partial charge in [-0.2, -0.15) is 0 Å². The van der Waals surface area contributed by atoms with Crippen LogP contribution in [0, 0.1) is 0 Å². The van der Waals surface area contributed by atoms with E-state index in [2.05, 4.69) is 15.5 Å². The van der Waals surface area contributed by atoms with Gasteiger partial charge in [-0.1, -0.05) is 29.4 Å². The summed E-state index contributed by atoms with van der Waals surface area (Å²) < 4.78 is 6.94. The number of amides is 1. The van der Waals surface area contributed by atoms with Gasteiger partial charge in [0.05, 0.1) is 17.4 Å². The number of ether oxygens (including phenoxy) is 1. The molecule has 6 nitrogen and oxygen atoms in total. The van der Waals surface area contributed by atoms with Crippen LogP contribution in [0.4, 0.5) is 5.69 Å². The predicted molar refractivity (Wildman–Crippen MR) is 94.9 cm³/mol. The minimum atomic E-state index is -0.349. The van der Waals surface area contributed by atoms with Crippen LogP contribution in [-0.2, 0) is 4.79 Å². The summed E-state index contributed by atoms with van der Waals surface area (Å²) in [6, 6.07) is 10.8. The monoisotopic (exact) mass is 362 g/mol. The second-order valence-electron chi connectivity index (χ2n) is 5.01. The van der Waals surface area contributed by atoms with E-state index in [1.807, 2.05) is 35.7 Å². The van der Waals surface area contributed by atoms with Gasteiger partial charge in [-0.25, -0.2) is 0 Å². The maximum atomic E-state index is 12.4. The number of hydrogen-bond donors (Lipinski definition) is 1. The lowest BCUT2D eigenvalue weighted by molar-refractivity contribution is -0.115. The van der Waals surface area contributed by atoms with E-state index >= 15 is 0 Å². The fraction of sp³-hybridized carbons (Fsp3) is 0.188. The molecule has 0 spiro atoms. The van der Waals surface area contributed by atoms with E-state index in [1.54, 1.807) is 25.3 Å². The van der Waals surface area contributed by atoms with Crippen LogP contribution in [0.25, 0.3) is 5.65 Å². The first kappa shape index (κ1) is 16.6. The van der Waals surface area contributed by atoms with Crippen LogP contribution in [0.5, 0.6) is 5.75 Å². The molecule has 0 unspecified atom stereocenters. The Bertz CT molecular complexity index is 883. The molecule has 0 aliphatic heterocycles. The van der Waals surface area contributed by atoms with Crippen LogP contribution in [0.15, 0.2) is 47.8 Å². The van der Waals surface area contributed by atoms with E-state index in [0.29, 0.717) is 21.6 Å². The number of fused-ring (bicyclic) bond motifs is 1. The van der Waals surface area contributed by atoms with Crippen LogP contribution < -0.4 is 10.1 Å². The Labute approximate surface area is 148 Å². The number of aromatic nitrogens is 3. The van der Waals surface area contributed by atoms with Crippen molar-refractivity contribution < 1.29 is 9.53 Å². The number of methoxy groups -OCH3 is 1. The van der Waals surface area contributed by atoms with E-state index in [-0.39, 0.29) is 11.2 Å². The number of anilines is 1. The smallest absolute Gasteiger partial charge is 0.237 e. The second kappa shape index (κ2) is 7.11. The van der Waals surface area contributed by atoms with Crippen LogP contribution in [0.3, 0.4) is 0 Å². The Hall–Kier alpha value is -2.25. The van der Waals surface area contributed by atoms with Gasteiger partial charge in [0.25, 0.3) is 0 Å². The van der Waals surface area contributed by atoms with Crippen molar-refractivity contribution in [3.63, 3.8) is 0 Å². The molecular formula is C16H15ClN4O2S. The fourth-order valence-electron chi connectivity index (χ4n) is 2.10. The molecule has 1 atom stereocenters. The molecule has 2 heterocycles. The molecule has 0 radical (unpaired) electrons. The van der Waals surface area contributed by atoms with E-state index in [0.717, 1.165) is 5.65 Å². The quantitative estimate of drug-likeness (QED) is 0.703. The molecule has 124 valence electrons. The van der Waals surface area contributed by atoms with Crippen LogP contribution in [0.1, 0.15) is 6.92 Å². The maximum absolute atomic E-state index is 12.4. The first-order chi connectivity index (χ1) is 11.6. The van der Waals surface area contributed by atoms with Gasteiger partial charge in [0.1, 0.15) is 5.75 Å². The molecule has 24 heavy (non-hydrogen) atoms. The molecule has 0 saturated heterocycles. The Morgan fingerprint density at radius 1 is 1.33 bits per heavy atom. The predicted octanol–water partition coefficient (Wildman–Crippen LogP) is 3.51. The van der Waals surface area contributed by atoms with Crippen molar-refractivity contribution in [1.29, 1.82) is 0 Å². The average molecular weight is 363 g/mol. The highest BCUT2D eigenvalue weighted by molar-refractivity contribution is 8.00. The van der Waals surface area contributed by atoms with Gasteiger partial charge < -0.3 is 10.1 Å². The van der Waals surface area contributed by atoms with E-state index in [4.69, 9.17) is 16.3 Å². The highest BCUT2D eigenvalue weighted by Crippen LogP contribution is 2.28. The molecular weight excluding hydrogens is 348 g/mol. The average Bonchev–Trinajstić information content (AvgIpc) is 2.98. The highest BCUT2D eigenvalue weighted by Gasteiger charge is 2.18. The van der Waals surface area contributed by atoms with Crippen LogP contribution in [-0.4, -0.2) is 32.9 Å². The minimum absolute atomic E-state index is 0.145. The highest BCUT2D eigenvalue weighted by atomic mass is 35.5. The Kier molecular flexibility index (Phi) is 4.92. The van der Waals surface area contributed by atoms with Crippen molar-refractivity contribution in [3.8, 4) is 5.75 Å². The van der Waals surface area contributed by atoms with Crippen LogP contribution in [0.2, 0.25) is 5.02 Å². The third kappa shape index (κ3) is 3.47. The summed E-state index contributed by atoms with van der Waals surface area (Å²) in [5.41, 5.74) is 1.36.